The molecule has 0 aliphatic heterocycles. The second-order valence-electron chi connectivity index (χ2n) is 6.10. The number of benzene rings is 1. The number of aryl methyl sites for hydroxylation is 1. The molecule has 2 aromatic heterocycles. The fourth-order valence-corrected chi connectivity index (χ4v) is 2.41. The van der Waals surface area contributed by atoms with Crippen molar-refractivity contribution in [3.05, 3.63) is 60.1 Å². The molecule has 0 bridgehead atoms. The van der Waals surface area contributed by atoms with E-state index in [-0.39, 0.29) is 42.9 Å². The van der Waals surface area contributed by atoms with Crippen LogP contribution in [0.2, 0.25) is 0 Å². The van der Waals surface area contributed by atoms with Gasteiger partial charge in [0.1, 0.15) is 17.6 Å². The fraction of sp³-hybridized carbons (Fsp3) is 0.263. The summed E-state index contributed by atoms with van der Waals surface area (Å²) in [6, 6.07) is 8.47. The van der Waals surface area contributed by atoms with Crippen LogP contribution in [0.5, 0.6) is 0 Å². The number of rotatable bonds is 8. The minimum absolute atomic E-state index is 0.0842. The summed E-state index contributed by atoms with van der Waals surface area (Å²) in [5.41, 5.74) is 0.614. The van der Waals surface area contributed by atoms with Crippen LogP contribution in [0.25, 0.3) is 11.4 Å². The monoisotopic (exact) mass is 386 g/mol. The van der Waals surface area contributed by atoms with Gasteiger partial charge in [0, 0.05) is 18.4 Å². The van der Waals surface area contributed by atoms with Crippen LogP contribution in [0.15, 0.2) is 51.6 Å². The van der Waals surface area contributed by atoms with Crippen molar-refractivity contribution in [2.45, 2.75) is 32.4 Å². The maximum atomic E-state index is 13.0. The highest BCUT2D eigenvalue weighted by Crippen LogP contribution is 2.16. The zero-order chi connectivity index (χ0) is 19.9. The second-order valence-corrected chi connectivity index (χ2v) is 6.10. The summed E-state index contributed by atoms with van der Waals surface area (Å²) in [7, 11) is 0. The van der Waals surface area contributed by atoms with E-state index in [1.807, 2.05) is 0 Å². The van der Waals surface area contributed by atoms with Gasteiger partial charge in [0.25, 0.3) is 0 Å². The Hall–Kier alpha value is -3.49. The molecule has 2 amide bonds. The van der Waals surface area contributed by atoms with E-state index in [0.717, 1.165) is 0 Å². The minimum Gasteiger partial charge on any atom is -0.467 e. The first-order chi connectivity index (χ1) is 13.5. The average molecular weight is 386 g/mol. The Morgan fingerprint density at radius 1 is 1.21 bits per heavy atom. The number of aromatic nitrogens is 2. The number of nitrogens with one attached hydrogen (secondary N) is 2. The van der Waals surface area contributed by atoms with E-state index in [1.54, 1.807) is 31.2 Å². The maximum absolute atomic E-state index is 13.0. The van der Waals surface area contributed by atoms with Crippen LogP contribution in [-0.2, 0) is 22.6 Å². The van der Waals surface area contributed by atoms with Crippen molar-refractivity contribution in [1.29, 1.82) is 0 Å². The molecule has 0 spiro atoms. The molecule has 9 heteroatoms. The van der Waals surface area contributed by atoms with Gasteiger partial charge in [-0.05, 0) is 43.3 Å². The van der Waals surface area contributed by atoms with Gasteiger partial charge < -0.3 is 19.6 Å². The Morgan fingerprint density at radius 2 is 2.00 bits per heavy atom. The third-order valence-electron chi connectivity index (χ3n) is 3.92. The summed E-state index contributed by atoms with van der Waals surface area (Å²) in [4.78, 5) is 28.2. The van der Waals surface area contributed by atoms with Crippen LogP contribution in [0.4, 0.5) is 4.39 Å². The molecular formula is C19H19FN4O4. The van der Waals surface area contributed by atoms with E-state index in [4.69, 9.17) is 8.94 Å². The topological polar surface area (TPSA) is 110 Å². The van der Waals surface area contributed by atoms with E-state index in [1.165, 1.54) is 18.4 Å². The molecule has 8 nitrogen and oxygen atoms in total. The van der Waals surface area contributed by atoms with Gasteiger partial charge in [0.2, 0.25) is 23.5 Å². The summed E-state index contributed by atoms with van der Waals surface area (Å²) in [6.45, 7) is 1.84. The number of carbonyl (C=O) groups is 2. The van der Waals surface area contributed by atoms with Crippen molar-refractivity contribution in [2.24, 2.45) is 0 Å². The fourth-order valence-electron chi connectivity index (χ4n) is 2.41. The Morgan fingerprint density at radius 3 is 2.71 bits per heavy atom. The first-order valence-corrected chi connectivity index (χ1v) is 8.69. The van der Waals surface area contributed by atoms with Gasteiger partial charge in [-0.15, -0.1) is 0 Å². The van der Waals surface area contributed by atoms with Crippen molar-refractivity contribution >= 4 is 11.8 Å². The highest BCUT2D eigenvalue weighted by molar-refractivity contribution is 5.87. The van der Waals surface area contributed by atoms with Crippen molar-refractivity contribution < 1.29 is 22.9 Å². The van der Waals surface area contributed by atoms with Gasteiger partial charge in [-0.25, -0.2) is 4.39 Å². The van der Waals surface area contributed by atoms with Crippen molar-refractivity contribution in [1.82, 2.24) is 20.8 Å². The molecule has 0 aliphatic rings. The normalized spacial score (nSPS) is 11.8. The molecule has 1 unspecified atom stereocenters. The summed E-state index contributed by atoms with van der Waals surface area (Å²) >= 11 is 0. The molecule has 0 radical (unpaired) electrons. The molecule has 0 saturated heterocycles. The molecule has 3 rings (SSSR count). The lowest BCUT2D eigenvalue weighted by atomic mass is 10.2. The number of furan rings is 1. The molecule has 0 saturated carbocycles. The molecule has 146 valence electrons. The Kier molecular flexibility index (Phi) is 6.15. The van der Waals surface area contributed by atoms with Crippen LogP contribution < -0.4 is 10.6 Å². The number of hydrogen-bond acceptors (Lipinski definition) is 6. The zero-order valence-corrected chi connectivity index (χ0v) is 15.1. The molecule has 3 aromatic rings. The SMILES string of the molecule is CC(NC(=O)CCc1nc(-c2ccc(F)cc2)no1)C(=O)NCc1ccco1. The molecule has 2 heterocycles. The first kappa shape index (κ1) is 19.3. The molecular weight excluding hydrogens is 367 g/mol. The van der Waals surface area contributed by atoms with Crippen LogP contribution in [0.1, 0.15) is 25.0 Å². The largest absolute Gasteiger partial charge is 0.467 e. The van der Waals surface area contributed by atoms with Crippen LogP contribution in [-0.4, -0.2) is 28.0 Å². The number of amides is 2. The van der Waals surface area contributed by atoms with Crippen LogP contribution >= 0.6 is 0 Å². The van der Waals surface area contributed by atoms with Gasteiger partial charge in [0.15, 0.2) is 0 Å². The predicted molar refractivity (Wildman–Crippen MR) is 96.2 cm³/mol. The molecule has 0 aliphatic carbocycles. The lowest BCUT2D eigenvalue weighted by molar-refractivity contribution is -0.128. The number of halogens is 1. The van der Waals surface area contributed by atoms with E-state index >= 15 is 0 Å². The number of hydrogen-bond donors (Lipinski definition) is 2. The van der Waals surface area contributed by atoms with Gasteiger partial charge in [-0.1, -0.05) is 5.16 Å². The zero-order valence-electron chi connectivity index (χ0n) is 15.1. The van der Waals surface area contributed by atoms with Crippen LogP contribution in [0.3, 0.4) is 0 Å². The Labute approximate surface area is 160 Å². The van der Waals surface area contributed by atoms with Gasteiger partial charge in [0.05, 0.1) is 12.8 Å². The smallest absolute Gasteiger partial charge is 0.242 e. The molecule has 1 aromatic carbocycles. The quantitative estimate of drug-likeness (QED) is 0.614. The summed E-state index contributed by atoms with van der Waals surface area (Å²) in [5, 5.41) is 9.10. The van der Waals surface area contributed by atoms with E-state index < -0.39 is 6.04 Å². The highest BCUT2D eigenvalue weighted by Gasteiger charge is 2.17. The average Bonchev–Trinajstić information content (AvgIpc) is 3.37. The maximum Gasteiger partial charge on any atom is 0.242 e. The summed E-state index contributed by atoms with van der Waals surface area (Å²) in [5.74, 6) is 0.237. The third kappa shape index (κ3) is 5.26. The molecule has 1 atom stereocenters. The van der Waals surface area contributed by atoms with E-state index in [0.29, 0.717) is 17.1 Å². The molecule has 2 N–H and O–H groups in total. The minimum atomic E-state index is -0.695. The molecule has 28 heavy (non-hydrogen) atoms. The standard InChI is InChI=1S/C19H19FN4O4/c1-12(19(26)21-11-15-3-2-10-27-15)22-16(25)8-9-17-23-18(24-28-17)13-4-6-14(20)7-5-13/h2-7,10,12H,8-9,11H2,1H3,(H,21,26)(H,22,25). The van der Waals surface area contributed by atoms with Crippen molar-refractivity contribution in [3.63, 3.8) is 0 Å². The van der Waals surface area contributed by atoms with Crippen molar-refractivity contribution in [3.8, 4) is 11.4 Å². The van der Waals surface area contributed by atoms with Gasteiger partial charge in [-0.2, -0.15) is 4.98 Å². The van der Waals surface area contributed by atoms with Crippen LogP contribution in [0, 0.1) is 5.82 Å². The lowest BCUT2D eigenvalue weighted by Gasteiger charge is -2.13. The van der Waals surface area contributed by atoms with Gasteiger partial charge >= 0.3 is 0 Å². The first-order valence-electron chi connectivity index (χ1n) is 8.69. The number of carbonyl (C=O) groups excluding carboxylic acids is 2. The van der Waals surface area contributed by atoms with Gasteiger partial charge in [-0.3, -0.25) is 9.59 Å². The lowest BCUT2D eigenvalue weighted by Crippen LogP contribution is -2.44. The summed E-state index contributed by atoms with van der Waals surface area (Å²) in [6.07, 6.45) is 1.83. The molecule has 0 fully saturated rings. The second kappa shape index (κ2) is 8.94. The van der Waals surface area contributed by atoms with E-state index in [9.17, 15) is 14.0 Å². The van der Waals surface area contributed by atoms with Crippen molar-refractivity contribution in [2.75, 3.05) is 0 Å². The van der Waals surface area contributed by atoms with E-state index in [2.05, 4.69) is 20.8 Å². The summed E-state index contributed by atoms with van der Waals surface area (Å²) < 4.78 is 23.2. The number of nitrogens with zero attached hydrogens (tertiary/aromatic N) is 2. The highest BCUT2D eigenvalue weighted by atomic mass is 19.1. The predicted octanol–water partition coefficient (Wildman–Crippen LogP) is 2.22. The third-order valence-corrected chi connectivity index (χ3v) is 3.92. The Balaban J connectivity index is 1.43. The Bertz CT molecular complexity index is 922.